The lowest BCUT2D eigenvalue weighted by Crippen LogP contribution is -2.54. The minimum atomic E-state index is -0.434. The van der Waals surface area contributed by atoms with Crippen LogP contribution in [-0.2, 0) is 20.7 Å². The Morgan fingerprint density at radius 1 is 1.37 bits per heavy atom. The molecule has 2 amide bonds. The van der Waals surface area contributed by atoms with Gasteiger partial charge in [-0.3, -0.25) is 14.6 Å². The van der Waals surface area contributed by atoms with Gasteiger partial charge >= 0.3 is 0 Å². The van der Waals surface area contributed by atoms with Crippen molar-refractivity contribution in [1.29, 1.82) is 0 Å². The third-order valence-corrected chi connectivity index (χ3v) is 5.06. The van der Waals surface area contributed by atoms with Gasteiger partial charge in [-0.2, -0.15) is 4.98 Å². The maximum atomic E-state index is 12.6. The molecule has 0 saturated carbocycles. The first kappa shape index (κ1) is 17.6. The lowest BCUT2D eigenvalue weighted by atomic mass is 10.0. The molecule has 2 aliphatic heterocycles. The van der Waals surface area contributed by atoms with Gasteiger partial charge in [0.1, 0.15) is 12.2 Å². The number of aryl methyl sites for hydroxylation is 1. The number of carbonyl (C=O) groups excluding carboxylic acids is 2. The van der Waals surface area contributed by atoms with Gasteiger partial charge in [-0.25, -0.2) is 0 Å². The summed E-state index contributed by atoms with van der Waals surface area (Å²) >= 11 is 0. The van der Waals surface area contributed by atoms with Gasteiger partial charge in [0.25, 0.3) is 0 Å². The molecule has 2 saturated heterocycles. The van der Waals surface area contributed by atoms with Crippen molar-refractivity contribution in [2.24, 2.45) is 0 Å². The van der Waals surface area contributed by atoms with Gasteiger partial charge < -0.3 is 19.1 Å². The number of amides is 2. The molecular weight excluding hydrogens is 350 g/mol. The van der Waals surface area contributed by atoms with Crippen molar-refractivity contribution in [2.75, 3.05) is 33.3 Å². The summed E-state index contributed by atoms with van der Waals surface area (Å²) in [6.45, 7) is 1.74. The molecule has 1 atom stereocenters. The van der Waals surface area contributed by atoms with E-state index in [2.05, 4.69) is 15.1 Å². The number of likely N-dealkylation sites (N-methyl/N-ethyl adjacent to an activating group) is 1. The predicted molar refractivity (Wildman–Crippen MR) is 93.4 cm³/mol. The highest BCUT2D eigenvalue weighted by Gasteiger charge is 2.45. The van der Waals surface area contributed by atoms with E-state index in [-0.39, 0.29) is 18.4 Å². The van der Waals surface area contributed by atoms with Gasteiger partial charge in [0.05, 0.1) is 13.1 Å². The van der Waals surface area contributed by atoms with Gasteiger partial charge in [0, 0.05) is 44.4 Å². The van der Waals surface area contributed by atoms with E-state index in [9.17, 15) is 9.59 Å². The first-order valence-corrected chi connectivity index (χ1v) is 8.93. The van der Waals surface area contributed by atoms with Gasteiger partial charge in [-0.1, -0.05) is 5.16 Å². The fourth-order valence-corrected chi connectivity index (χ4v) is 3.54. The summed E-state index contributed by atoms with van der Waals surface area (Å²) in [6.07, 6.45) is 4.75. The van der Waals surface area contributed by atoms with E-state index >= 15 is 0 Å². The molecule has 0 bridgehead atoms. The normalized spacial score (nSPS) is 22.6. The minimum Gasteiger partial charge on any atom is -0.361 e. The topological polar surface area (TPSA) is 102 Å². The molecule has 9 heteroatoms. The van der Waals surface area contributed by atoms with E-state index in [1.807, 2.05) is 6.07 Å². The number of aromatic nitrogens is 3. The summed E-state index contributed by atoms with van der Waals surface area (Å²) in [7, 11) is 1.77. The van der Waals surface area contributed by atoms with Gasteiger partial charge in [0.2, 0.25) is 23.5 Å². The number of nitrogens with zero attached hydrogens (tertiary/aromatic N) is 5. The Balaban J connectivity index is 1.32. The smallest absolute Gasteiger partial charge is 0.248 e. The molecule has 27 heavy (non-hydrogen) atoms. The van der Waals surface area contributed by atoms with Crippen LogP contribution in [-0.4, -0.2) is 75.6 Å². The van der Waals surface area contributed by atoms with Crippen LogP contribution < -0.4 is 0 Å². The standard InChI is InChI=1S/C18H21N5O4/c1-22-11-18(26-10-16(22)25)6-8-23(12-18)15(24)5-4-14-20-17(21-27-14)13-3-2-7-19-9-13/h2-3,7,9H,4-6,8,10-12H2,1H3/t18-/m0/s1. The summed E-state index contributed by atoms with van der Waals surface area (Å²) in [4.78, 5) is 36.0. The Hall–Kier alpha value is -2.81. The number of pyridine rings is 1. The number of hydrogen-bond acceptors (Lipinski definition) is 7. The van der Waals surface area contributed by atoms with E-state index in [0.29, 0.717) is 44.2 Å². The summed E-state index contributed by atoms with van der Waals surface area (Å²) in [5, 5.41) is 3.94. The fourth-order valence-electron chi connectivity index (χ4n) is 3.54. The van der Waals surface area contributed by atoms with Crippen LogP contribution in [0.2, 0.25) is 0 Å². The van der Waals surface area contributed by atoms with Crippen molar-refractivity contribution in [3.05, 3.63) is 30.4 Å². The lowest BCUT2D eigenvalue weighted by Gasteiger charge is -2.38. The van der Waals surface area contributed by atoms with Crippen molar-refractivity contribution in [3.8, 4) is 11.4 Å². The molecule has 4 heterocycles. The highest BCUT2D eigenvalue weighted by atomic mass is 16.5. The highest BCUT2D eigenvalue weighted by molar-refractivity contribution is 5.79. The fraction of sp³-hybridized carbons (Fsp3) is 0.500. The summed E-state index contributed by atoms with van der Waals surface area (Å²) in [5.41, 5.74) is 0.337. The van der Waals surface area contributed by atoms with E-state index in [1.54, 1.807) is 35.3 Å². The monoisotopic (exact) mass is 371 g/mol. The molecule has 142 valence electrons. The first-order valence-electron chi connectivity index (χ1n) is 8.93. The average Bonchev–Trinajstić information content (AvgIpc) is 3.32. The molecule has 4 rings (SSSR count). The molecule has 2 aromatic heterocycles. The molecule has 0 aromatic carbocycles. The van der Waals surface area contributed by atoms with Gasteiger partial charge in [0.15, 0.2) is 0 Å². The summed E-state index contributed by atoms with van der Waals surface area (Å²) < 4.78 is 11.0. The number of morpholine rings is 1. The van der Waals surface area contributed by atoms with Crippen LogP contribution in [0.4, 0.5) is 0 Å². The van der Waals surface area contributed by atoms with E-state index < -0.39 is 5.60 Å². The molecule has 0 N–H and O–H groups in total. The zero-order chi connectivity index (χ0) is 18.9. The quantitative estimate of drug-likeness (QED) is 0.772. The Kier molecular flexibility index (Phi) is 4.61. The first-order chi connectivity index (χ1) is 13.0. The van der Waals surface area contributed by atoms with Crippen molar-refractivity contribution >= 4 is 11.8 Å². The molecular formula is C18H21N5O4. The molecule has 2 fully saturated rings. The molecule has 2 aliphatic rings. The second kappa shape index (κ2) is 7.07. The zero-order valence-corrected chi connectivity index (χ0v) is 15.1. The number of hydrogen-bond donors (Lipinski definition) is 0. The second-order valence-electron chi connectivity index (χ2n) is 7.04. The zero-order valence-electron chi connectivity index (χ0n) is 15.1. The van der Waals surface area contributed by atoms with Crippen LogP contribution in [0.15, 0.2) is 29.0 Å². The van der Waals surface area contributed by atoms with E-state index in [4.69, 9.17) is 9.26 Å². The Labute approximate surface area is 156 Å². The molecule has 0 radical (unpaired) electrons. The second-order valence-corrected chi connectivity index (χ2v) is 7.04. The largest absolute Gasteiger partial charge is 0.361 e. The molecule has 9 nitrogen and oxygen atoms in total. The van der Waals surface area contributed by atoms with Crippen LogP contribution >= 0.6 is 0 Å². The maximum absolute atomic E-state index is 12.6. The van der Waals surface area contributed by atoms with Gasteiger partial charge in [-0.05, 0) is 18.6 Å². The lowest BCUT2D eigenvalue weighted by molar-refractivity contribution is -0.159. The van der Waals surface area contributed by atoms with Crippen LogP contribution in [0.3, 0.4) is 0 Å². The molecule has 1 spiro atoms. The number of rotatable bonds is 4. The van der Waals surface area contributed by atoms with Crippen LogP contribution in [0, 0.1) is 0 Å². The average molecular weight is 371 g/mol. The van der Waals surface area contributed by atoms with Crippen molar-refractivity contribution < 1.29 is 18.8 Å². The van der Waals surface area contributed by atoms with E-state index in [0.717, 1.165) is 12.0 Å². The SMILES string of the molecule is CN1C[C@]2(CCN(C(=O)CCc3nc(-c4cccnc4)no3)C2)OCC1=O. The third-order valence-electron chi connectivity index (χ3n) is 5.06. The summed E-state index contributed by atoms with van der Waals surface area (Å²) in [6, 6.07) is 3.65. The van der Waals surface area contributed by atoms with Gasteiger partial charge in [-0.15, -0.1) is 0 Å². The molecule has 0 aliphatic carbocycles. The van der Waals surface area contributed by atoms with Crippen LogP contribution in [0.25, 0.3) is 11.4 Å². The molecule has 2 aromatic rings. The maximum Gasteiger partial charge on any atom is 0.248 e. The number of carbonyl (C=O) groups is 2. The Morgan fingerprint density at radius 2 is 2.26 bits per heavy atom. The predicted octanol–water partition coefficient (Wildman–Crippen LogP) is 0.524. The minimum absolute atomic E-state index is 0.0220. The molecule has 0 unspecified atom stereocenters. The van der Waals surface area contributed by atoms with Crippen molar-refractivity contribution in [1.82, 2.24) is 24.9 Å². The van der Waals surface area contributed by atoms with Crippen LogP contribution in [0.5, 0.6) is 0 Å². The Bertz CT molecular complexity index is 839. The van der Waals surface area contributed by atoms with E-state index in [1.165, 1.54) is 0 Å². The van der Waals surface area contributed by atoms with Crippen LogP contribution in [0.1, 0.15) is 18.7 Å². The number of likely N-dealkylation sites (tertiary alicyclic amines) is 1. The Morgan fingerprint density at radius 3 is 3.04 bits per heavy atom. The summed E-state index contributed by atoms with van der Waals surface area (Å²) in [5.74, 6) is 0.895. The highest BCUT2D eigenvalue weighted by Crippen LogP contribution is 2.29. The van der Waals surface area contributed by atoms with Crippen molar-refractivity contribution in [3.63, 3.8) is 0 Å². The number of ether oxygens (including phenoxy) is 1. The van der Waals surface area contributed by atoms with Crippen molar-refractivity contribution in [2.45, 2.75) is 24.9 Å². The third kappa shape index (κ3) is 3.68.